The van der Waals surface area contributed by atoms with Crippen LogP contribution in [0.5, 0.6) is 0 Å². The van der Waals surface area contributed by atoms with Crippen molar-refractivity contribution >= 4 is 18.0 Å². The third-order valence-corrected chi connectivity index (χ3v) is 6.46. The number of hydrogen-bond acceptors (Lipinski definition) is 5. The number of hydrogen-bond donors (Lipinski definition) is 3. The Morgan fingerprint density at radius 1 is 0.838 bits per heavy atom. The second-order valence-corrected chi connectivity index (χ2v) is 9.02. The second-order valence-electron chi connectivity index (χ2n) is 9.02. The summed E-state index contributed by atoms with van der Waals surface area (Å²) in [6, 6.07) is 23.0. The minimum absolute atomic E-state index is 0.107. The summed E-state index contributed by atoms with van der Waals surface area (Å²) in [6.45, 7) is 3.35. The molecule has 3 aromatic rings. The summed E-state index contributed by atoms with van der Waals surface area (Å²) in [7, 11) is 0. The average molecular weight is 503 g/mol. The van der Waals surface area contributed by atoms with Gasteiger partial charge in [-0.2, -0.15) is 0 Å². The molecule has 0 saturated carbocycles. The first kappa shape index (κ1) is 25.9. The first-order chi connectivity index (χ1) is 17.8. The fourth-order valence-electron chi connectivity index (χ4n) is 4.44. The van der Waals surface area contributed by atoms with E-state index in [0.717, 1.165) is 27.8 Å². The van der Waals surface area contributed by atoms with Gasteiger partial charge in [0.15, 0.2) is 6.04 Å². The zero-order valence-corrected chi connectivity index (χ0v) is 20.7. The van der Waals surface area contributed by atoms with Gasteiger partial charge in [0, 0.05) is 5.92 Å². The van der Waals surface area contributed by atoms with Crippen LogP contribution in [0.2, 0.25) is 0 Å². The molecule has 37 heavy (non-hydrogen) atoms. The molecule has 8 heteroatoms. The van der Waals surface area contributed by atoms with Crippen molar-refractivity contribution in [3.63, 3.8) is 0 Å². The monoisotopic (exact) mass is 502 g/mol. The highest BCUT2D eigenvalue weighted by atomic mass is 16.5. The van der Waals surface area contributed by atoms with Crippen molar-refractivity contribution in [1.29, 1.82) is 0 Å². The number of aliphatic carboxylic acids is 1. The first-order valence-corrected chi connectivity index (χ1v) is 12.2. The third-order valence-electron chi connectivity index (χ3n) is 6.46. The Bertz CT molecular complexity index is 1220. The number of carboxylic acids is 1. The van der Waals surface area contributed by atoms with Crippen molar-refractivity contribution in [3.8, 4) is 11.1 Å². The summed E-state index contributed by atoms with van der Waals surface area (Å²) in [5.41, 5.74) is 5.27. The van der Waals surface area contributed by atoms with E-state index in [1.807, 2.05) is 78.9 Å². The highest BCUT2D eigenvalue weighted by Gasteiger charge is 2.31. The van der Waals surface area contributed by atoms with Crippen LogP contribution in [0.1, 0.15) is 36.5 Å². The van der Waals surface area contributed by atoms with Gasteiger partial charge in [0.2, 0.25) is 5.91 Å². The smallest absolute Gasteiger partial charge is 0.407 e. The molecule has 4 rings (SSSR count). The van der Waals surface area contributed by atoms with Crippen LogP contribution in [0.15, 0.2) is 78.9 Å². The van der Waals surface area contributed by atoms with Crippen LogP contribution in [0.25, 0.3) is 11.1 Å². The first-order valence-electron chi connectivity index (χ1n) is 12.2. The number of fused-ring (bicyclic) bond motifs is 3. The van der Waals surface area contributed by atoms with Crippen LogP contribution in [0.4, 0.5) is 4.79 Å². The Labute approximate surface area is 215 Å². The summed E-state index contributed by atoms with van der Waals surface area (Å²) in [5.74, 6) is -2.00. The zero-order chi connectivity index (χ0) is 26.4. The standard InChI is InChI=1S/C29H30N2O6/c1-18(27(32)31-26(28(33)34)19(2)36-16-20-10-4-3-5-11-20)30-29(35)37-17-25-23-14-8-6-12-21(23)22-13-7-9-15-24(22)25/h3-15,18-19,25-26H,16-17H2,1-2H3,(H,30,35)(H,31,32)(H,33,34)/t18?,19-,26+/m0/s1. The van der Waals surface area contributed by atoms with Gasteiger partial charge in [0.25, 0.3) is 0 Å². The Balaban J connectivity index is 1.30. The molecule has 1 aliphatic rings. The number of nitrogens with one attached hydrogen (secondary N) is 2. The molecule has 0 saturated heterocycles. The molecular formula is C29H30N2O6. The maximum absolute atomic E-state index is 12.7. The lowest BCUT2D eigenvalue weighted by Crippen LogP contribution is -2.54. The normalized spacial score (nSPS) is 14.5. The summed E-state index contributed by atoms with van der Waals surface area (Å²) in [5, 5.41) is 14.5. The number of carbonyl (C=O) groups is 3. The average Bonchev–Trinajstić information content (AvgIpc) is 3.23. The molecule has 192 valence electrons. The van der Waals surface area contributed by atoms with Gasteiger partial charge in [-0.05, 0) is 41.7 Å². The van der Waals surface area contributed by atoms with Crippen LogP contribution in [-0.2, 0) is 25.7 Å². The Morgan fingerprint density at radius 3 is 2.00 bits per heavy atom. The number of ether oxygens (including phenoxy) is 2. The SMILES string of the molecule is CC(NC(=O)OCC1c2ccccc2-c2ccccc21)C(=O)N[C@@H](C(=O)O)[C@H](C)OCc1ccccc1. The predicted octanol–water partition coefficient (Wildman–Crippen LogP) is 4.09. The quantitative estimate of drug-likeness (QED) is 0.385. The molecule has 3 N–H and O–H groups in total. The predicted molar refractivity (Wildman–Crippen MR) is 138 cm³/mol. The zero-order valence-electron chi connectivity index (χ0n) is 20.7. The number of alkyl carbamates (subject to hydrolysis) is 1. The molecule has 0 radical (unpaired) electrons. The van der Waals surface area contributed by atoms with E-state index in [1.54, 1.807) is 6.92 Å². The van der Waals surface area contributed by atoms with E-state index in [9.17, 15) is 19.5 Å². The van der Waals surface area contributed by atoms with Crippen LogP contribution in [-0.4, -0.2) is 47.9 Å². The second kappa shape index (κ2) is 11.7. The van der Waals surface area contributed by atoms with E-state index in [4.69, 9.17) is 9.47 Å². The maximum Gasteiger partial charge on any atom is 0.407 e. The van der Waals surface area contributed by atoms with E-state index >= 15 is 0 Å². The Hall–Kier alpha value is -4.17. The third kappa shape index (κ3) is 6.16. The molecule has 8 nitrogen and oxygen atoms in total. The highest BCUT2D eigenvalue weighted by molar-refractivity contribution is 5.89. The van der Waals surface area contributed by atoms with Gasteiger partial charge in [-0.25, -0.2) is 9.59 Å². The fourth-order valence-corrected chi connectivity index (χ4v) is 4.44. The Morgan fingerprint density at radius 2 is 1.41 bits per heavy atom. The van der Waals surface area contributed by atoms with E-state index < -0.39 is 36.2 Å². The number of benzene rings is 3. The van der Waals surface area contributed by atoms with Gasteiger partial charge in [-0.15, -0.1) is 0 Å². The molecule has 0 aliphatic heterocycles. The van der Waals surface area contributed by atoms with Gasteiger partial charge in [0.05, 0.1) is 12.7 Å². The van der Waals surface area contributed by atoms with Crippen molar-refractivity contribution in [2.24, 2.45) is 0 Å². The molecule has 1 aliphatic carbocycles. The summed E-state index contributed by atoms with van der Waals surface area (Å²) in [4.78, 5) is 36.9. The lowest BCUT2D eigenvalue weighted by molar-refractivity contribution is -0.146. The molecular weight excluding hydrogens is 472 g/mol. The molecule has 1 unspecified atom stereocenters. The van der Waals surface area contributed by atoms with Crippen molar-refractivity contribution in [1.82, 2.24) is 10.6 Å². The fraction of sp³-hybridized carbons (Fsp3) is 0.276. The van der Waals surface area contributed by atoms with Crippen LogP contribution in [0.3, 0.4) is 0 Å². The molecule has 0 aromatic heterocycles. The van der Waals surface area contributed by atoms with Crippen molar-refractivity contribution in [3.05, 3.63) is 95.6 Å². The number of carboxylic acid groups (broad SMARTS) is 1. The van der Waals surface area contributed by atoms with Gasteiger partial charge in [0.1, 0.15) is 12.6 Å². The van der Waals surface area contributed by atoms with E-state index in [2.05, 4.69) is 10.6 Å². The lowest BCUT2D eigenvalue weighted by atomic mass is 9.98. The van der Waals surface area contributed by atoms with Crippen LogP contribution < -0.4 is 10.6 Å². The summed E-state index contributed by atoms with van der Waals surface area (Å²) >= 11 is 0. The van der Waals surface area contributed by atoms with E-state index in [0.29, 0.717) is 0 Å². The Kier molecular flexibility index (Phi) is 8.20. The molecule has 0 heterocycles. The van der Waals surface area contributed by atoms with Gasteiger partial charge in [-0.1, -0.05) is 78.9 Å². The van der Waals surface area contributed by atoms with Crippen molar-refractivity contribution in [2.45, 2.75) is 44.6 Å². The minimum Gasteiger partial charge on any atom is -0.480 e. The molecule has 0 bridgehead atoms. The minimum atomic E-state index is -1.29. The number of amides is 2. The topological polar surface area (TPSA) is 114 Å². The van der Waals surface area contributed by atoms with E-state index in [-0.39, 0.29) is 19.1 Å². The molecule has 2 amide bonds. The van der Waals surface area contributed by atoms with Crippen molar-refractivity contribution < 1.29 is 29.0 Å². The summed E-state index contributed by atoms with van der Waals surface area (Å²) < 4.78 is 11.1. The number of rotatable bonds is 10. The van der Waals surface area contributed by atoms with Crippen LogP contribution >= 0.6 is 0 Å². The van der Waals surface area contributed by atoms with E-state index in [1.165, 1.54) is 6.92 Å². The highest BCUT2D eigenvalue weighted by Crippen LogP contribution is 2.44. The number of carbonyl (C=O) groups excluding carboxylic acids is 2. The molecule has 3 aromatic carbocycles. The lowest BCUT2D eigenvalue weighted by Gasteiger charge is -2.24. The van der Waals surface area contributed by atoms with Gasteiger partial charge < -0.3 is 25.2 Å². The summed E-state index contributed by atoms with van der Waals surface area (Å²) in [6.07, 6.45) is -1.56. The molecule has 0 spiro atoms. The maximum atomic E-state index is 12.7. The largest absolute Gasteiger partial charge is 0.480 e. The van der Waals surface area contributed by atoms with Crippen LogP contribution in [0, 0.1) is 0 Å². The molecule has 3 atom stereocenters. The van der Waals surface area contributed by atoms with Gasteiger partial charge in [-0.3, -0.25) is 4.79 Å². The van der Waals surface area contributed by atoms with Crippen molar-refractivity contribution in [2.75, 3.05) is 6.61 Å². The van der Waals surface area contributed by atoms with Gasteiger partial charge >= 0.3 is 12.1 Å². The molecule has 0 fully saturated rings.